The summed E-state index contributed by atoms with van der Waals surface area (Å²) >= 11 is 0. The fourth-order valence-electron chi connectivity index (χ4n) is 2.51. The van der Waals surface area contributed by atoms with Crippen LogP contribution in [-0.4, -0.2) is 12.6 Å². The number of ether oxygens (including phenoxy) is 1. The first-order valence-corrected chi connectivity index (χ1v) is 7.60. The van der Waals surface area contributed by atoms with E-state index in [0.29, 0.717) is 0 Å². The van der Waals surface area contributed by atoms with Gasteiger partial charge in [-0.05, 0) is 31.5 Å². The van der Waals surface area contributed by atoms with Crippen LogP contribution >= 0.6 is 0 Å². The van der Waals surface area contributed by atoms with Crippen molar-refractivity contribution in [2.24, 2.45) is 5.92 Å². The fourth-order valence-corrected chi connectivity index (χ4v) is 2.51. The van der Waals surface area contributed by atoms with Gasteiger partial charge >= 0.3 is 5.97 Å². The van der Waals surface area contributed by atoms with Gasteiger partial charge in [-0.25, -0.2) is 0 Å². The Bertz CT molecular complexity index is 680. The van der Waals surface area contributed by atoms with Gasteiger partial charge in [0.2, 0.25) is 0 Å². The number of hydrogen-bond acceptors (Lipinski definition) is 4. The van der Waals surface area contributed by atoms with Crippen molar-refractivity contribution in [1.82, 2.24) is 0 Å². The maximum absolute atomic E-state index is 12.3. The quantitative estimate of drug-likeness (QED) is 0.826. The lowest BCUT2D eigenvalue weighted by molar-refractivity contribution is -0.148. The second kappa shape index (κ2) is 7.46. The van der Waals surface area contributed by atoms with Crippen LogP contribution in [0.2, 0.25) is 0 Å². The van der Waals surface area contributed by atoms with E-state index in [1.165, 1.54) is 0 Å². The van der Waals surface area contributed by atoms with Crippen LogP contribution in [0.5, 0.6) is 0 Å². The molecule has 0 saturated carbocycles. The minimum Gasteiger partial charge on any atom is -0.466 e. The number of nitriles is 1. The Morgan fingerprint density at radius 1 is 1.17 bits per heavy atom. The number of nitrogens with zero attached hydrogens (tertiary/aromatic N) is 1. The molecule has 0 saturated heterocycles. The van der Waals surface area contributed by atoms with Gasteiger partial charge in [-0.15, -0.1) is 0 Å². The maximum atomic E-state index is 12.3. The predicted octanol–water partition coefficient (Wildman–Crippen LogP) is 3.72. The zero-order valence-electron chi connectivity index (χ0n) is 13.3. The highest BCUT2D eigenvalue weighted by molar-refractivity contribution is 5.76. The van der Waals surface area contributed by atoms with Crippen molar-refractivity contribution in [2.45, 2.75) is 19.4 Å². The van der Waals surface area contributed by atoms with Crippen molar-refractivity contribution in [1.29, 1.82) is 5.26 Å². The molecule has 0 amide bonds. The molecule has 0 aliphatic heterocycles. The van der Waals surface area contributed by atoms with Crippen molar-refractivity contribution >= 4 is 11.7 Å². The normalized spacial score (nSPS) is 14.1. The van der Waals surface area contributed by atoms with E-state index in [-0.39, 0.29) is 6.61 Å². The summed E-state index contributed by atoms with van der Waals surface area (Å²) in [6, 6.07) is 21.0. The number of para-hydroxylation sites is 1. The second-order valence-electron chi connectivity index (χ2n) is 5.25. The topological polar surface area (TPSA) is 62.1 Å². The SMILES string of the molecule is CCOC(=O)C(C)C(C#N)(Nc1ccccc1)c1ccccc1. The molecule has 0 aliphatic carbocycles. The van der Waals surface area contributed by atoms with E-state index in [0.717, 1.165) is 11.3 Å². The number of benzene rings is 2. The van der Waals surface area contributed by atoms with Crippen LogP contribution in [0.25, 0.3) is 0 Å². The Balaban J connectivity index is 2.49. The molecule has 2 unspecified atom stereocenters. The van der Waals surface area contributed by atoms with Crippen LogP contribution in [0, 0.1) is 17.2 Å². The van der Waals surface area contributed by atoms with E-state index in [4.69, 9.17) is 4.74 Å². The summed E-state index contributed by atoms with van der Waals surface area (Å²) in [5.74, 6) is -1.07. The molecule has 1 N–H and O–H groups in total. The Hall–Kier alpha value is -2.80. The van der Waals surface area contributed by atoms with Gasteiger partial charge in [0.05, 0.1) is 18.6 Å². The molecule has 23 heavy (non-hydrogen) atoms. The van der Waals surface area contributed by atoms with Gasteiger partial charge in [-0.3, -0.25) is 4.79 Å². The van der Waals surface area contributed by atoms with Crippen molar-refractivity contribution in [3.05, 3.63) is 66.2 Å². The summed E-state index contributed by atoms with van der Waals surface area (Å²) in [5, 5.41) is 13.2. The van der Waals surface area contributed by atoms with E-state index in [1.807, 2.05) is 60.7 Å². The molecule has 4 heteroatoms. The number of hydrogen-bond donors (Lipinski definition) is 1. The first-order valence-electron chi connectivity index (χ1n) is 7.60. The molecule has 2 rings (SSSR count). The van der Waals surface area contributed by atoms with Crippen LogP contribution in [0.15, 0.2) is 60.7 Å². The van der Waals surface area contributed by atoms with Gasteiger partial charge in [0, 0.05) is 5.69 Å². The van der Waals surface area contributed by atoms with Crippen LogP contribution in [0.1, 0.15) is 19.4 Å². The Morgan fingerprint density at radius 3 is 2.26 bits per heavy atom. The summed E-state index contributed by atoms with van der Waals surface area (Å²) in [6.07, 6.45) is 0. The summed E-state index contributed by atoms with van der Waals surface area (Å²) in [5.41, 5.74) is 0.301. The van der Waals surface area contributed by atoms with Gasteiger partial charge in [0.25, 0.3) is 0 Å². The molecule has 0 spiro atoms. The first kappa shape index (κ1) is 16.6. The Kier molecular flexibility index (Phi) is 5.37. The molecule has 0 heterocycles. The van der Waals surface area contributed by atoms with E-state index in [2.05, 4.69) is 11.4 Å². The summed E-state index contributed by atoms with van der Waals surface area (Å²) in [7, 11) is 0. The highest BCUT2D eigenvalue weighted by atomic mass is 16.5. The lowest BCUT2D eigenvalue weighted by atomic mass is 9.79. The maximum Gasteiger partial charge on any atom is 0.312 e. The second-order valence-corrected chi connectivity index (χ2v) is 5.25. The third-order valence-electron chi connectivity index (χ3n) is 3.81. The highest BCUT2D eigenvalue weighted by Gasteiger charge is 2.43. The largest absolute Gasteiger partial charge is 0.466 e. The number of carbonyl (C=O) groups is 1. The molecule has 0 bridgehead atoms. The molecular formula is C19H20N2O2. The van der Waals surface area contributed by atoms with E-state index in [1.54, 1.807) is 13.8 Å². The summed E-state index contributed by atoms with van der Waals surface area (Å²) in [6.45, 7) is 3.75. The van der Waals surface area contributed by atoms with Crippen molar-refractivity contribution in [2.75, 3.05) is 11.9 Å². The van der Waals surface area contributed by atoms with Crippen LogP contribution in [-0.2, 0) is 15.1 Å². The predicted molar refractivity (Wildman–Crippen MR) is 89.6 cm³/mol. The molecule has 2 aromatic rings. The van der Waals surface area contributed by atoms with E-state index in [9.17, 15) is 10.1 Å². The summed E-state index contributed by atoms with van der Waals surface area (Å²) < 4.78 is 5.14. The lowest BCUT2D eigenvalue weighted by Crippen LogP contribution is -2.44. The molecule has 4 nitrogen and oxygen atoms in total. The molecule has 2 aromatic carbocycles. The first-order chi connectivity index (χ1) is 11.1. The molecule has 0 radical (unpaired) electrons. The average Bonchev–Trinajstić information content (AvgIpc) is 2.61. The lowest BCUT2D eigenvalue weighted by Gasteiger charge is -2.33. The summed E-state index contributed by atoms with van der Waals surface area (Å²) in [4.78, 5) is 12.3. The Labute approximate surface area is 136 Å². The average molecular weight is 308 g/mol. The standard InChI is InChI=1S/C19H20N2O2/c1-3-23-18(22)15(2)19(14-20,16-10-6-4-7-11-16)21-17-12-8-5-9-13-17/h4-13,15,21H,3H2,1-2H3. The number of nitrogens with one attached hydrogen (secondary N) is 1. The Morgan fingerprint density at radius 2 is 1.74 bits per heavy atom. The number of rotatable bonds is 6. The third-order valence-corrected chi connectivity index (χ3v) is 3.81. The van der Waals surface area contributed by atoms with Crippen LogP contribution in [0.4, 0.5) is 5.69 Å². The molecule has 118 valence electrons. The van der Waals surface area contributed by atoms with Crippen molar-refractivity contribution in [3.8, 4) is 6.07 Å². The van der Waals surface area contributed by atoms with Crippen LogP contribution in [0.3, 0.4) is 0 Å². The van der Waals surface area contributed by atoms with Crippen LogP contribution < -0.4 is 5.32 Å². The minimum atomic E-state index is -1.20. The van der Waals surface area contributed by atoms with Gasteiger partial charge < -0.3 is 10.1 Å². The smallest absolute Gasteiger partial charge is 0.312 e. The van der Waals surface area contributed by atoms with Gasteiger partial charge in [0.15, 0.2) is 5.54 Å². The van der Waals surface area contributed by atoms with E-state index >= 15 is 0 Å². The zero-order chi connectivity index (χ0) is 16.7. The molecule has 0 aliphatic rings. The zero-order valence-corrected chi connectivity index (χ0v) is 13.3. The van der Waals surface area contributed by atoms with Gasteiger partial charge in [0.1, 0.15) is 0 Å². The number of carbonyl (C=O) groups excluding carboxylic acids is 1. The van der Waals surface area contributed by atoms with Gasteiger partial charge in [-0.1, -0.05) is 48.5 Å². The van der Waals surface area contributed by atoms with E-state index < -0.39 is 17.4 Å². The highest BCUT2D eigenvalue weighted by Crippen LogP contribution is 2.34. The minimum absolute atomic E-state index is 0.283. The molecule has 2 atom stereocenters. The molecule has 0 aromatic heterocycles. The van der Waals surface area contributed by atoms with Gasteiger partial charge in [-0.2, -0.15) is 5.26 Å². The molecular weight excluding hydrogens is 288 g/mol. The molecule has 0 fully saturated rings. The monoisotopic (exact) mass is 308 g/mol. The van der Waals surface area contributed by atoms with Crippen molar-refractivity contribution < 1.29 is 9.53 Å². The number of anilines is 1. The third kappa shape index (κ3) is 3.51. The van der Waals surface area contributed by atoms with Crippen molar-refractivity contribution in [3.63, 3.8) is 0 Å². The fraction of sp³-hybridized carbons (Fsp3) is 0.263. The number of esters is 1.